The Kier molecular flexibility index (Phi) is 4.01. The SMILES string of the molecule is Nc1ccc2oc(-c3ccc(Oc4ccc(F)cc4)cc3)c(O)c(=O)c2c1. The van der Waals surface area contributed by atoms with Crippen LogP contribution in [0.15, 0.2) is 75.9 Å². The van der Waals surface area contributed by atoms with E-state index in [1.807, 2.05) is 0 Å². The van der Waals surface area contributed by atoms with Crippen molar-refractivity contribution in [1.82, 2.24) is 0 Å². The van der Waals surface area contributed by atoms with Crippen molar-refractivity contribution in [2.24, 2.45) is 0 Å². The first-order valence-corrected chi connectivity index (χ1v) is 8.10. The van der Waals surface area contributed by atoms with Gasteiger partial charge in [0.25, 0.3) is 0 Å². The highest BCUT2D eigenvalue weighted by atomic mass is 19.1. The van der Waals surface area contributed by atoms with Gasteiger partial charge in [0.1, 0.15) is 22.9 Å². The molecule has 0 bridgehead atoms. The van der Waals surface area contributed by atoms with Gasteiger partial charge in [-0.3, -0.25) is 4.79 Å². The van der Waals surface area contributed by atoms with E-state index in [-0.39, 0.29) is 17.0 Å². The van der Waals surface area contributed by atoms with Crippen LogP contribution in [0.2, 0.25) is 0 Å². The highest BCUT2D eigenvalue weighted by molar-refractivity contribution is 5.84. The van der Waals surface area contributed by atoms with Crippen LogP contribution in [0.4, 0.5) is 10.1 Å². The summed E-state index contributed by atoms with van der Waals surface area (Å²) in [5, 5.41) is 10.5. The molecule has 0 aliphatic carbocycles. The Labute approximate surface area is 153 Å². The number of nitrogen functional groups attached to an aromatic ring is 1. The van der Waals surface area contributed by atoms with Gasteiger partial charge in [-0.1, -0.05) is 0 Å². The second-order valence-electron chi connectivity index (χ2n) is 5.94. The number of nitrogens with two attached hydrogens (primary N) is 1. The summed E-state index contributed by atoms with van der Waals surface area (Å²) in [6.45, 7) is 0. The number of anilines is 1. The molecule has 6 heteroatoms. The van der Waals surface area contributed by atoms with E-state index in [1.54, 1.807) is 36.4 Å². The van der Waals surface area contributed by atoms with Gasteiger partial charge in [0.2, 0.25) is 11.2 Å². The molecule has 0 saturated heterocycles. The quantitative estimate of drug-likeness (QED) is 0.516. The van der Waals surface area contributed by atoms with Gasteiger partial charge in [0.15, 0.2) is 5.76 Å². The zero-order valence-corrected chi connectivity index (χ0v) is 14.0. The van der Waals surface area contributed by atoms with Gasteiger partial charge in [-0.05, 0) is 66.7 Å². The van der Waals surface area contributed by atoms with Crippen LogP contribution in [0.5, 0.6) is 17.2 Å². The van der Waals surface area contributed by atoms with Gasteiger partial charge < -0.3 is 20.0 Å². The molecule has 134 valence electrons. The molecule has 1 heterocycles. The fourth-order valence-corrected chi connectivity index (χ4v) is 2.71. The highest BCUT2D eigenvalue weighted by Crippen LogP contribution is 2.32. The Balaban J connectivity index is 1.69. The van der Waals surface area contributed by atoms with E-state index < -0.39 is 11.2 Å². The molecule has 27 heavy (non-hydrogen) atoms. The molecule has 0 fully saturated rings. The molecule has 0 radical (unpaired) electrons. The first-order valence-electron chi connectivity index (χ1n) is 8.10. The highest BCUT2D eigenvalue weighted by Gasteiger charge is 2.15. The molecule has 0 unspecified atom stereocenters. The Hall–Kier alpha value is -3.80. The first kappa shape index (κ1) is 16.7. The lowest BCUT2D eigenvalue weighted by atomic mass is 10.1. The summed E-state index contributed by atoms with van der Waals surface area (Å²) in [6, 6.07) is 16.9. The molecule has 0 saturated carbocycles. The van der Waals surface area contributed by atoms with Crippen LogP contribution in [-0.4, -0.2) is 5.11 Å². The van der Waals surface area contributed by atoms with E-state index in [0.717, 1.165) is 0 Å². The second kappa shape index (κ2) is 6.49. The first-order chi connectivity index (χ1) is 13.0. The summed E-state index contributed by atoms with van der Waals surface area (Å²) in [5.74, 6) is 0.231. The molecule has 0 atom stereocenters. The molecule has 3 N–H and O–H groups in total. The van der Waals surface area contributed by atoms with Crippen molar-refractivity contribution in [3.05, 3.63) is 82.8 Å². The van der Waals surface area contributed by atoms with E-state index in [0.29, 0.717) is 28.3 Å². The number of fused-ring (bicyclic) bond motifs is 1. The normalized spacial score (nSPS) is 10.9. The third-order valence-electron chi connectivity index (χ3n) is 4.06. The second-order valence-corrected chi connectivity index (χ2v) is 5.94. The number of aromatic hydroxyl groups is 1. The summed E-state index contributed by atoms with van der Waals surface area (Å²) in [5.41, 5.74) is 6.38. The van der Waals surface area contributed by atoms with Crippen molar-refractivity contribution >= 4 is 16.7 Å². The van der Waals surface area contributed by atoms with Crippen molar-refractivity contribution in [2.45, 2.75) is 0 Å². The van der Waals surface area contributed by atoms with Crippen LogP contribution in [-0.2, 0) is 0 Å². The number of ether oxygens (including phenoxy) is 1. The Morgan fingerprint density at radius 2 is 1.56 bits per heavy atom. The number of hydrogen-bond acceptors (Lipinski definition) is 5. The van der Waals surface area contributed by atoms with Gasteiger partial charge in [-0.2, -0.15) is 0 Å². The Bertz CT molecular complexity index is 1180. The van der Waals surface area contributed by atoms with Gasteiger partial charge in [0, 0.05) is 11.3 Å². The van der Waals surface area contributed by atoms with E-state index >= 15 is 0 Å². The average molecular weight is 363 g/mol. The number of halogens is 1. The molecule has 1 aromatic heterocycles. The number of rotatable bonds is 3. The molecular formula is C21H14FNO4. The van der Waals surface area contributed by atoms with Crippen LogP contribution in [0, 0.1) is 5.82 Å². The van der Waals surface area contributed by atoms with E-state index in [9.17, 15) is 14.3 Å². The molecule has 3 aromatic carbocycles. The summed E-state index contributed by atoms with van der Waals surface area (Å²) >= 11 is 0. The Morgan fingerprint density at radius 1 is 0.926 bits per heavy atom. The van der Waals surface area contributed by atoms with Crippen molar-refractivity contribution in [1.29, 1.82) is 0 Å². The number of hydrogen-bond donors (Lipinski definition) is 2. The maximum Gasteiger partial charge on any atom is 0.235 e. The zero-order chi connectivity index (χ0) is 19.0. The van der Waals surface area contributed by atoms with Gasteiger partial charge in [0.05, 0.1) is 5.39 Å². The summed E-state index contributed by atoms with van der Waals surface area (Å²) < 4.78 is 24.3. The predicted molar refractivity (Wildman–Crippen MR) is 100 cm³/mol. The Morgan fingerprint density at radius 3 is 2.22 bits per heavy atom. The minimum absolute atomic E-state index is 0.0607. The van der Waals surface area contributed by atoms with Crippen LogP contribution < -0.4 is 15.9 Å². The lowest BCUT2D eigenvalue weighted by molar-refractivity contribution is 0.449. The van der Waals surface area contributed by atoms with E-state index in [2.05, 4.69) is 0 Å². The van der Waals surface area contributed by atoms with Crippen molar-refractivity contribution in [3.8, 4) is 28.6 Å². The summed E-state index contributed by atoms with van der Waals surface area (Å²) in [7, 11) is 0. The maximum atomic E-state index is 12.9. The van der Waals surface area contributed by atoms with Gasteiger partial charge >= 0.3 is 0 Å². The third-order valence-corrected chi connectivity index (χ3v) is 4.06. The van der Waals surface area contributed by atoms with Gasteiger partial charge in [-0.15, -0.1) is 0 Å². The zero-order valence-electron chi connectivity index (χ0n) is 14.0. The van der Waals surface area contributed by atoms with Gasteiger partial charge in [-0.25, -0.2) is 4.39 Å². The lowest BCUT2D eigenvalue weighted by Gasteiger charge is -2.08. The monoisotopic (exact) mass is 363 g/mol. The fraction of sp³-hybridized carbons (Fsp3) is 0. The molecule has 0 aliphatic rings. The minimum Gasteiger partial charge on any atom is -0.502 e. The molecule has 4 rings (SSSR count). The maximum absolute atomic E-state index is 12.9. The summed E-state index contributed by atoms with van der Waals surface area (Å²) in [4.78, 5) is 12.4. The molecule has 5 nitrogen and oxygen atoms in total. The van der Waals surface area contributed by atoms with Crippen molar-refractivity contribution in [3.63, 3.8) is 0 Å². The predicted octanol–water partition coefficient (Wildman–Crippen LogP) is 4.68. The molecule has 0 spiro atoms. The fourth-order valence-electron chi connectivity index (χ4n) is 2.71. The van der Waals surface area contributed by atoms with Crippen molar-refractivity contribution < 1.29 is 18.7 Å². The molecular weight excluding hydrogens is 349 g/mol. The van der Waals surface area contributed by atoms with Crippen LogP contribution in [0.25, 0.3) is 22.3 Å². The topological polar surface area (TPSA) is 85.7 Å². The molecule has 0 aliphatic heterocycles. The smallest absolute Gasteiger partial charge is 0.235 e. The average Bonchev–Trinajstić information content (AvgIpc) is 2.68. The summed E-state index contributed by atoms with van der Waals surface area (Å²) in [6.07, 6.45) is 0. The lowest BCUT2D eigenvalue weighted by Crippen LogP contribution is -2.03. The largest absolute Gasteiger partial charge is 0.502 e. The molecule has 0 amide bonds. The number of benzene rings is 3. The third kappa shape index (κ3) is 3.20. The van der Waals surface area contributed by atoms with Crippen LogP contribution >= 0.6 is 0 Å². The van der Waals surface area contributed by atoms with Crippen LogP contribution in [0.3, 0.4) is 0 Å². The molecule has 4 aromatic rings. The van der Waals surface area contributed by atoms with Crippen molar-refractivity contribution in [2.75, 3.05) is 5.73 Å². The van der Waals surface area contributed by atoms with E-state index in [1.165, 1.54) is 30.3 Å². The minimum atomic E-state index is -0.551. The van der Waals surface area contributed by atoms with Crippen LogP contribution in [0.1, 0.15) is 0 Å². The van der Waals surface area contributed by atoms with E-state index in [4.69, 9.17) is 14.9 Å². The standard InChI is InChI=1S/C21H14FNO4/c22-13-3-8-16(9-4-13)26-15-6-1-12(2-7-15)21-20(25)19(24)17-11-14(23)5-10-18(17)27-21/h1-11,25H,23H2.